The van der Waals surface area contributed by atoms with E-state index in [1.54, 1.807) is 0 Å². The van der Waals surface area contributed by atoms with Gasteiger partial charge in [0, 0.05) is 39.0 Å². The summed E-state index contributed by atoms with van der Waals surface area (Å²) in [5.41, 5.74) is 0. The van der Waals surface area contributed by atoms with E-state index in [4.69, 9.17) is 10.2 Å². The van der Waals surface area contributed by atoms with Crippen LogP contribution in [0.15, 0.2) is 0 Å². The van der Waals surface area contributed by atoms with Crippen molar-refractivity contribution in [3.63, 3.8) is 0 Å². The summed E-state index contributed by atoms with van der Waals surface area (Å²) in [7, 11) is 0. The molecule has 50 valence electrons. The van der Waals surface area contributed by atoms with Gasteiger partial charge < -0.3 is 10.2 Å². The van der Waals surface area contributed by atoms with Gasteiger partial charge in [0.2, 0.25) is 0 Å². The molecule has 0 atom stereocenters. The van der Waals surface area contributed by atoms with Gasteiger partial charge in [-0.25, -0.2) is 0 Å². The van der Waals surface area contributed by atoms with E-state index in [-0.39, 0.29) is 51.8 Å². The van der Waals surface area contributed by atoms with E-state index in [9.17, 15) is 9.59 Å². The van der Waals surface area contributed by atoms with Crippen molar-refractivity contribution < 1.29 is 58.8 Å². The third-order valence-corrected chi connectivity index (χ3v) is 0.553. The summed E-state index contributed by atoms with van der Waals surface area (Å²) in [5, 5.41) is 15.8. The maximum atomic E-state index is 9.64. The Labute approximate surface area is 83.5 Å². The van der Waals surface area contributed by atoms with Crippen molar-refractivity contribution in [3.8, 4) is 0 Å². The summed E-state index contributed by atoms with van der Waals surface area (Å²) in [4.78, 5) is 19.3. The van der Waals surface area contributed by atoms with Gasteiger partial charge in [0.15, 0.2) is 0 Å². The number of hydrogen-bond donors (Lipinski definition) is 2. The van der Waals surface area contributed by atoms with Gasteiger partial charge in [0.1, 0.15) is 0 Å². The average molecular weight is 249 g/mol. The summed E-state index contributed by atoms with van der Waals surface area (Å²) in [6.45, 7) is 0. The Balaban J connectivity index is -0.000000245. The van der Waals surface area contributed by atoms with Crippen molar-refractivity contribution in [2.75, 3.05) is 0 Å². The third-order valence-electron chi connectivity index (χ3n) is 0.553. The molecule has 0 saturated heterocycles. The van der Waals surface area contributed by atoms with E-state index in [2.05, 4.69) is 0 Å². The van der Waals surface area contributed by atoms with Gasteiger partial charge in [0.25, 0.3) is 0 Å². The molecule has 4 nitrogen and oxygen atoms in total. The fraction of sp³-hybridized carbons (Fsp3) is 0.500. The van der Waals surface area contributed by atoms with Crippen LogP contribution in [0, 0.1) is 0 Å². The SMILES string of the molecule is O=C(O)CCC(=O)O.[Zn].[Zn]. The van der Waals surface area contributed by atoms with Gasteiger partial charge in [-0.15, -0.1) is 0 Å². The molecule has 0 spiro atoms. The molecule has 0 rings (SSSR count). The van der Waals surface area contributed by atoms with E-state index in [1.165, 1.54) is 0 Å². The summed E-state index contributed by atoms with van der Waals surface area (Å²) >= 11 is 0. The fourth-order valence-corrected chi connectivity index (χ4v) is 0.214. The van der Waals surface area contributed by atoms with Gasteiger partial charge in [-0.05, 0) is 0 Å². The third kappa shape index (κ3) is 15.7. The molecule has 0 aromatic rings. The van der Waals surface area contributed by atoms with Crippen LogP contribution in [0.5, 0.6) is 0 Å². The van der Waals surface area contributed by atoms with Crippen LogP contribution in [0.1, 0.15) is 12.8 Å². The van der Waals surface area contributed by atoms with Gasteiger partial charge in [0.05, 0.1) is 12.8 Å². The largest absolute Gasteiger partial charge is 0.481 e. The molecular weight excluding hydrogens is 243 g/mol. The number of carbonyl (C=O) groups is 2. The van der Waals surface area contributed by atoms with E-state index in [0.717, 1.165) is 0 Å². The Bertz CT molecular complexity index is 99.8. The summed E-state index contributed by atoms with van der Waals surface area (Å²) in [5.74, 6) is -2.15. The first-order chi connectivity index (χ1) is 3.63. The number of hydrogen-bond acceptors (Lipinski definition) is 2. The summed E-state index contributed by atoms with van der Waals surface area (Å²) in [6.07, 6.45) is -0.593. The molecule has 6 heteroatoms. The molecule has 10 heavy (non-hydrogen) atoms. The normalized spacial score (nSPS) is 6.80. The Kier molecular flexibility index (Phi) is 15.3. The molecule has 0 aromatic carbocycles. The number of aliphatic carboxylic acids is 2. The average Bonchev–Trinajstić information content (AvgIpc) is 1.61. The zero-order chi connectivity index (χ0) is 6.57. The molecule has 0 bridgehead atoms. The van der Waals surface area contributed by atoms with Gasteiger partial charge in [-0.2, -0.15) is 0 Å². The Morgan fingerprint density at radius 2 is 1.10 bits per heavy atom. The summed E-state index contributed by atoms with van der Waals surface area (Å²) < 4.78 is 0. The number of rotatable bonds is 3. The van der Waals surface area contributed by atoms with Crippen LogP contribution >= 0.6 is 0 Å². The zero-order valence-corrected chi connectivity index (χ0v) is 11.5. The van der Waals surface area contributed by atoms with Crippen LogP contribution in [0.2, 0.25) is 0 Å². The Morgan fingerprint density at radius 3 is 1.20 bits per heavy atom. The smallest absolute Gasteiger partial charge is 0.303 e. The standard InChI is InChI=1S/C4H6O4.2Zn/c5-3(6)1-2-4(7)8;;/h1-2H2,(H,5,6)(H,7,8);;. The van der Waals surface area contributed by atoms with Crippen molar-refractivity contribution in [1.82, 2.24) is 0 Å². The second kappa shape index (κ2) is 9.19. The monoisotopic (exact) mass is 246 g/mol. The van der Waals surface area contributed by atoms with Crippen LogP contribution in [-0.4, -0.2) is 22.2 Å². The van der Waals surface area contributed by atoms with Crippen molar-refractivity contribution in [2.24, 2.45) is 0 Å². The fourth-order valence-electron chi connectivity index (χ4n) is 0.214. The second-order valence-electron chi connectivity index (χ2n) is 1.29. The minimum atomic E-state index is -1.08. The van der Waals surface area contributed by atoms with E-state index >= 15 is 0 Å². The van der Waals surface area contributed by atoms with Crippen LogP contribution in [-0.2, 0) is 48.5 Å². The van der Waals surface area contributed by atoms with Crippen LogP contribution < -0.4 is 0 Å². The molecule has 0 aliphatic carbocycles. The molecule has 0 radical (unpaired) electrons. The molecule has 0 amide bonds. The molecule has 0 heterocycles. The van der Waals surface area contributed by atoms with Gasteiger partial charge >= 0.3 is 11.9 Å². The van der Waals surface area contributed by atoms with Crippen LogP contribution in [0.3, 0.4) is 0 Å². The first kappa shape index (κ1) is 16.6. The first-order valence-electron chi connectivity index (χ1n) is 2.06. The maximum Gasteiger partial charge on any atom is 0.303 e. The van der Waals surface area contributed by atoms with Gasteiger partial charge in [-0.3, -0.25) is 9.59 Å². The quantitative estimate of drug-likeness (QED) is 0.686. The molecule has 0 aromatic heterocycles. The molecule has 0 fully saturated rings. The zero-order valence-electron chi connectivity index (χ0n) is 5.54. The van der Waals surface area contributed by atoms with Crippen molar-refractivity contribution >= 4 is 11.9 Å². The predicted molar refractivity (Wildman–Crippen MR) is 24.5 cm³/mol. The molecule has 0 saturated carbocycles. The van der Waals surface area contributed by atoms with Crippen molar-refractivity contribution in [2.45, 2.75) is 12.8 Å². The van der Waals surface area contributed by atoms with E-state index in [1.807, 2.05) is 0 Å². The Morgan fingerprint density at radius 1 is 0.900 bits per heavy atom. The maximum absolute atomic E-state index is 9.64. The first-order valence-corrected chi connectivity index (χ1v) is 2.06. The molecular formula is C4H6O4Zn2. The van der Waals surface area contributed by atoms with Crippen LogP contribution in [0.25, 0.3) is 0 Å². The molecule has 0 unspecified atom stereocenters. The second-order valence-corrected chi connectivity index (χ2v) is 1.29. The molecule has 0 aliphatic rings. The molecule has 0 aliphatic heterocycles. The number of carboxylic acid groups (broad SMARTS) is 2. The van der Waals surface area contributed by atoms with E-state index < -0.39 is 11.9 Å². The summed E-state index contributed by atoms with van der Waals surface area (Å²) in [6, 6.07) is 0. The van der Waals surface area contributed by atoms with Crippen molar-refractivity contribution in [1.29, 1.82) is 0 Å². The molecule has 2 N–H and O–H groups in total. The topological polar surface area (TPSA) is 74.6 Å². The minimum Gasteiger partial charge on any atom is -0.481 e. The minimum absolute atomic E-state index is 0. The Hall–Kier alpha value is 0.187. The van der Waals surface area contributed by atoms with Crippen molar-refractivity contribution in [3.05, 3.63) is 0 Å². The predicted octanol–water partition coefficient (Wildman–Crippen LogP) is -0.0692. The number of carboxylic acids is 2. The van der Waals surface area contributed by atoms with Gasteiger partial charge in [-0.1, -0.05) is 0 Å². The van der Waals surface area contributed by atoms with Crippen LogP contribution in [0.4, 0.5) is 0 Å². The van der Waals surface area contributed by atoms with E-state index in [0.29, 0.717) is 0 Å².